The monoisotopic (exact) mass is 254 g/mol. The van der Waals surface area contributed by atoms with Crippen molar-refractivity contribution >= 4 is 34.5 Å². The molecule has 1 aliphatic rings. The van der Waals surface area contributed by atoms with Crippen molar-refractivity contribution in [3.8, 4) is 0 Å². The second kappa shape index (κ2) is 2.08. The Labute approximate surface area is 72.1 Å². The number of hydrogen-bond acceptors (Lipinski definition) is 2. The van der Waals surface area contributed by atoms with E-state index < -0.39 is 3.55 Å². The third-order valence-corrected chi connectivity index (χ3v) is 2.78. The Kier molecular flexibility index (Phi) is 1.61. The lowest BCUT2D eigenvalue weighted by atomic mass is 10.3. The van der Waals surface area contributed by atoms with Crippen molar-refractivity contribution in [1.82, 2.24) is 10.2 Å². The third kappa shape index (κ3) is 0.882. The van der Waals surface area contributed by atoms with Crippen LogP contribution in [0.15, 0.2) is 0 Å². The maximum absolute atomic E-state index is 10.9. The van der Waals surface area contributed by atoms with Gasteiger partial charge in [0.1, 0.15) is 0 Å². The number of nitrogens with zero attached hydrogens (tertiary/aromatic N) is 1. The first kappa shape index (κ1) is 7.77. The highest BCUT2D eigenvalue weighted by molar-refractivity contribution is 14.1. The minimum Gasteiger partial charge on any atom is -0.304 e. The molecule has 56 valence electrons. The van der Waals surface area contributed by atoms with Gasteiger partial charge in [0.2, 0.25) is 0 Å². The van der Waals surface area contributed by atoms with Crippen LogP contribution in [0.25, 0.3) is 0 Å². The fourth-order valence-corrected chi connectivity index (χ4v) is 0.992. The largest absolute Gasteiger partial charge is 0.325 e. The second-order valence-corrected chi connectivity index (χ2v) is 4.37. The van der Waals surface area contributed by atoms with Gasteiger partial charge in [0.15, 0.2) is 3.55 Å². The summed E-state index contributed by atoms with van der Waals surface area (Å²) >= 11 is 1.93. The predicted octanol–water partition coefficient (Wildman–Crippen LogP) is 0.319. The first-order valence-corrected chi connectivity index (χ1v) is 3.82. The van der Waals surface area contributed by atoms with Crippen molar-refractivity contribution in [1.29, 1.82) is 0 Å². The maximum Gasteiger partial charge on any atom is 0.325 e. The number of imide groups is 1. The van der Waals surface area contributed by atoms with Crippen molar-refractivity contribution in [3.05, 3.63) is 0 Å². The van der Waals surface area contributed by atoms with E-state index in [-0.39, 0.29) is 11.9 Å². The fraction of sp³-hybridized carbons (Fsp3) is 0.600. The molecule has 1 unspecified atom stereocenters. The molecule has 3 amide bonds. The van der Waals surface area contributed by atoms with Gasteiger partial charge in [0, 0.05) is 7.05 Å². The van der Waals surface area contributed by atoms with Gasteiger partial charge in [0.05, 0.1) is 0 Å². The number of alkyl halides is 1. The van der Waals surface area contributed by atoms with Crippen LogP contribution in [-0.2, 0) is 4.79 Å². The summed E-state index contributed by atoms with van der Waals surface area (Å²) in [5.74, 6) is -0.249. The minimum atomic E-state index is -0.713. The van der Waals surface area contributed by atoms with Gasteiger partial charge < -0.3 is 4.90 Å². The molecule has 1 rings (SSSR count). The average Bonchev–Trinajstić information content (AvgIpc) is 1.97. The minimum absolute atomic E-state index is 0.249. The van der Waals surface area contributed by atoms with Gasteiger partial charge in [-0.05, 0) is 29.5 Å². The third-order valence-electron chi connectivity index (χ3n) is 1.57. The van der Waals surface area contributed by atoms with Crippen LogP contribution in [0.1, 0.15) is 6.92 Å². The lowest BCUT2D eigenvalue weighted by Gasteiger charge is -2.20. The van der Waals surface area contributed by atoms with Crippen molar-refractivity contribution in [2.24, 2.45) is 0 Å². The van der Waals surface area contributed by atoms with Gasteiger partial charge in [-0.1, -0.05) is 0 Å². The molecule has 1 heterocycles. The van der Waals surface area contributed by atoms with Gasteiger partial charge in [-0.2, -0.15) is 0 Å². The molecule has 0 aromatic rings. The van der Waals surface area contributed by atoms with Crippen LogP contribution in [0, 0.1) is 0 Å². The SMILES string of the molecule is CN1C(=O)NC(=O)C1(C)I. The molecule has 4 nitrogen and oxygen atoms in total. The maximum atomic E-state index is 10.9. The standard InChI is InChI=1S/C5H7IN2O2/c1-5(6)3(9)7-4(10)8(5)2/h1-2H3,(H,7,9,10). The highest BCUT2D eigenvalue weighted by atomic mass is 127. The molecule has 0 radical (unpaired) electrons. The first-order valence-electron chi connectivity index (χ1n) is 2.74. The second-order valence-electron chi connectivity index (χ2n) is 2.27. The van der Waals surface area contributed by atoms with E-state index in [9.17, 15) is 9.59 Å². The van der Waals surface area contributed by atoms with Crippen LogP contribution in [0.5, 0.6) is 0 Å². The summed E-state index contributed by atoms with van der Waals surface area (Å²) in [5.41, 5.74) is 0. The lowest BCUT2D eigenvalue weighted by molar-refractivity contribution is -0.121. The molecule has 10 heavy (non-hydrogen) atoms. The summed E-state index contributed by atoms with van der Waals surface area (Å²) < 4.78 is -0.713. The zero-order valence-electron chi connectivity index (χ0n) is 5.64. The molecule has 1 atom stereocenters. The van der Waals surface area contributed by atoms with Crippen molar-refractivity contribution < 1.29 is 9.59 Å². The fourth-order valence-electron chi connectivity index (χ4n) is 0.638. The summed E-state index contributed by atoms with van der Waals surface area (Å²) in [5, 5.41) is 2.20. The highest BCUT2D eigenvalue weighted by Crippen LogP contribution is 2.26. The Morgan fingerprint density at radius 2 is 2.10 bits per heavy atom. The molecule has 1 N–H and O–H groups in total. The van der Waals surface area contributed by atoms with E-state index in [0.29, 0.717) is 0 Å². The van der Waals surface area contributed by atoms with E-state index in [1.165, 1.54) is 4.90 Å². The van der Waals surface area contributed by atoms with Crippen LogP contribution < -0.4 is 5.32 Å². The van der Waals surface area contributed by atoms with Gasteiger partial charge in [-0.15, -0.1) is 0 Å². The zero-order chi connectivity index (χ0) is 7.94. The molecule has 5 heteroatoms. The molecular weight excluding hydrogens is 247 g/mol. The summed E-state index contributed by atoms with van der Waals surface area (Å²) in [7, 11) is 1.59. The van der Waals surface area contributed by atoms with Gasteiger partial charge in [-0.3, -0.25) is 10.1 Å². The van der Waals surface area contributed by atoms with E-state index >= 15 is 0 Å². The molecule has 0 aromatic heterocycles. The molecule has 0 spiro atoms. The number of rotatable bonds is 0. The van der Waals surface area contributed by atoms with Crippen molar-refractivity contribution in [2.45, 2.75) is 10.5 Å². The average molecular weight is 254 g/mol. The molecule has 0 aromatic carbocycles. The van der Waals surface area contributed by atoms with Gasteiger partial charge in [0.25, 0.3) is 5.91 Å². The molecular formula is C5H7IN2O2. The molecule has 1 aliphatic heterocycles. The molecule has 1 saturated heterocycles. The number of carbonyl (C=O) groups is 2. The Balaban J connectivity index is 2.96. The van der Waals surface area contributed by atoms with Crippen LogP contribution in [-0.4, -0.2) is 27.4 Å². The molecule has 0 saturated carbocycles. The van der Waals surface area contributed by atoms with E-state index in [4.69, 9.17) is 0 Å². The normalized spacial score (nSPS) is 32.9. The number of hydrogen-bond donors (Lipinski definition) is 1. The van der Waals surface area contributed by atoms with Gasteiger partial charge in [-0.25, -0.2) is 4.79 Å². The number of halogens is 1. The first-order chi connectivity index (χ1) is 4.46. The highest BCUT2D eigenvalue weighted by Gasteiger charge is 2.44. The van der Waals surface area contributed by atoms with Crippen LogP contribution >= 0.6 is 22.6 Å². The van der Waals surface area contributed by atoms with E-state index in [1.807, 2.05) is 22.6 Å². The predicted molar refractivity (Wildman–Crippen MR) is 43.7 cm³/mol. The number of likely N-dealkylation sites (N-methyl/N-ethyl adjacent to an activating group) is 1. The quantitative estimate of drug-likeness (QED) is 0.293. The van der Waals surface area contributed by atoms with Crippen LogP contribution in [0.3, 0.4) is 0 Å². The Hall–Kier alpha value is -0.330. The molecule has 0 aliphatic carbocycles. The van der Waals surface area contributed by atoms with Crippen molar-refractivity contribution in [2.75, 3.05) is 7.05 Å². The molecule has 1 fully saturated rings. The Bertz CT molecular complexity index is 202. The topological polar surface area (TPSA) is 49.4 Å². The summed E-state index contributed by atoms with van der Waals surface area (Å²) in [6.45, 7) is 1.69. The smallest absolute Gasteiger partial charge is 0.304 e. The Morgan fingerprint density at radius 1 is 1.60 bits per heavy atom. The zero-order valence-corrected chi connectivity index (χ0v) is 7.80. The summed E-state index contributed by atoms with van der Waals surface area (Å²) in [6.07, 6.45) is 0. The molecule has 0 bridgehead atoms. The summed E-state index contributed by atoms with van der Waals surface area (Å²) in [4.78, 5) is 23.1. The number of urea groups is 1. The number of carbonyl (C=O) groups excluding carboxylic acids is 2. The number of nitrogens with one attached hydrogen (secondary N) is 1. The lowest BCUT2D eigenvalue weighted by Crippen LogP contribution is -2.38. The van der Waals surface area contributed by atoms with E-state index in [0.717, 1.165) is 0 Å². The van der Waals surface area contributed by atoms with E-state index in [2.05, 4.69) is 5.32 Å². The van der Waals surface area contributed by atoms with Crippen LogP contribution in [0.4, 0.5) is 4.79 Å². The van der Waals surface area contributed by atoms with E-state index in [1.54, 1.807) is 14.0 Å². The van der Waals surface area contributed by atoms with Crippen LogP contribution in [0.2, 0.25) is 0 Å². The Morgan fingerprint density at radius 3 is 2.20 bits per heavy atom. The van der Waals surface area contributed by atoms with Crippen molar-refractivity contribution in [3.63, 3.8) is 0 Å². The number of amides is 3. The van der Waals surface area contributed by atoms with Gasteiger partial charge >= 0.3 is 6.03 Å². The summed E-state index contributed by atoms with van der Waals surface area (Å²) in [6, 6.07) is -0.332.